The van der Waals surface area contributed by atoms with Gasteiger partial charge >= 0.3 is 0 Å². The Labute approximate surface area is 179 Å². The van der Waals surface area contributed by atoms with Crippen LogP contribution >= 0.6 is 23.2 Å². The monoisotopic (exact) mass is 427 g/mol. The third-order valence-electron chi connectivity index (χ3n) is 4.17. The quantitative estimate of drug-likeness (QED) is 0.411. The minimum Gasteiger partial charge on any atom is -0.399 e. The van der Waals surface area contributed by atoms with Crippen LogP contribution in [0.2, 0.25) is 10.0 Å². The van der Waals surface area contributed by atoms with E-state index >= 15 is 0 Å². The number of nitrogens with zero attached hydrogens (tertiary/aromatic N) is 5. The number of hydrogen-bond acceptors (Lipinski definition) is 5. The first-order valence-corrected chi connectivity index (χ1v) is 9.48. The van der Waals surface area contributed by atoms with Crippen LogP contribution in [0.1, 0.15) is 29.4 Å². The summed E-state index contributed by atoms with van der Waals surface area (Å²) in [4.78, 5) is 9.43. The highest BCUT2D eigenvalue weighted by Gasteiger charge is 2.15. The second-order valence-corrected chi connectivity index (χ2v) is 6.94. The molecule has 29 heavy (non-hydrogen) atoms. The van der Waals surface area contributed by atoms with E-state index in [-0.39, 0.29) is 0 Å². The molecule has 0 bridgehead atoms. The molecule has 0 spiro atoms. The molecule has 6 nitrogen and oxygen atoms in total. The summed E-state index contributed by atoms with van der Waals surface area (Å²) >= 11 is 12.0. The number of aryl methyl sites for hydroxylation is 1. The van der Waals surface area contributed by atoms with Gasteiger partial charge in [-0.2, -0.15) is 10.2 Å². The largest absolute Gasteiger partial charge is 0.399 e. The van der Waals surface area contributed by atoms with Crippen LogP contribution in [0.25, 0.3) is 0 Å². The fraction of sp³-hybridized carbons (Fsp3) is 0.143. The maximum Gasteiger partial charge on any atom is 0.162 e. The van der Waals surface area contributed by atoms with Gasteiger partial charge in [0.15, 0.2) is 11.5 Å². The van der Waals surface area contributed by atoms with E-state index in [0.29, 0.717) is 27.3 Å². The van der Waals surface area contributed by atoms with Crippen LogP contribution in [0.5, 0.6) is 0 Å². The number of hydrogen-bond donors (Lipinski definition) is 0. The molecule has 0 saturated heterocycles. The van der Waals surface area contributed by atoms with E-state index in [9.17, 15) is 0 Å². The number of oxime groups is 1. The minimum atomic E-state index is 0.475. The minimum absolute atomic E-state index is 0.475. The molecule has 0 aliphatic rings. The lowest BCUT2D eigenvalue weighted by molar-refractivity contribution is 0.213. The van der Waals surface area contributed by atoms with E-state index in [4.69, 9.17) is 28.0 Å². The molecular weight excluding hydrogens is 409 g/mol. The zero-order valence-corrected chi connectivity index (χ0v) is 17.7. The van der Waals surface area contributed by atoms with Gasteiger partial charge in [-0.05, 0) is 24.6 Å². The lowest BCUT2D eigenvalue weighted by Crippen LogP contribution is -2.13. The van der Waals surface area contributed by atoms with Gasteiger partial charge < -0.3 is 9.40 Å². The van der Waals surface area contributed by atoms with Gasteiger partial charge in [0.2, 0.25) is 0 Å². The highest BCUT2D eigenvalue weighted by atomic mass is 35.5. The Bertz CT molecular complexity index is 1100. The lowest BCUT2D eigenvalue weighted by atomic mass is 10.0. The highest BCUT2D eigenvalue weighted by Crippen LogP contribution is 2.23. The maximum atomic E-state index is 6.08. The first-order chi connectivity index (χ1) is 14.0. The molecule has 1 aromatic heterocycles. The third kappa shape index (κ3) is 4.91. The van der Waals surface area contributed by atoms with Gasteiger partial charge in [-0.3, -0.25) is 0 Å². The van der Waals surface area contributed by atoms with E-state index in [1.54, 1.807) is 24.5 Å². The van der Waals surface area contributed by atoms with Gasteiger partial charge in [-0.1, -0.05) is 58.7 Å². The molecule has 8 heteroatoms. The zero-order chi connectivity index (χ0) is 20.8. The summed E-state index contributed by atoms with van der Waals surface area (Å²) in [5.74, 6) is 0.684. The average Bonchev–Trinajstić information content (AvgIpc) is 3.14. The van der Waals surface area contributed by atoms with Crippen molar-refractivity contribution in [2.75, 3.05) is 7.11 Å². The summed E-state index contributed by atoms with van der Waals surface area (Å²) in [7, 11) is 3.40. The number of rotatable bonds is 6. The van der Waals surface area contributed by atoms with Gasteiger partial charge in [-0.25, -0.2) is 4.98 Å². The molecule has 0 N–H and O–H groups in total. The topological polar surface area (TPSA) is 64.1 Å². The Morgan fingerprint density at radius 1 is 1.14 bits per heavy atom. The van der Waals surface area contributed by atoms with E-state index < -0.39 is 0 Å². The van der Waals surface area contributed by atoms with Gasteiger partial charge in [-0.15, -0.1) is 0 Å². The first-order valence-electron chi connectivity index (χ1n) is 8.72. The van der Waals surface area contributed by atoms with Gasteiger partial charge in [0.25, 0.3) is 0 Å². The maximum absolute atomic E-state index is 6.08. The highest BCUT2D eigenvalue weighted by molar-refractivity contribution is 6.42. The number of benzene rings is 2. The van der Waals surface area contributed by atoms with Crippen molar-refractivity contribution in [3.8, 4) is 0 Å². The molecule has 3 aromatic rings. The third-order valence-corrected chi connectivity index (χ3v) is 4.91. The smallest absolute Gasteiger partial charge is 0.162 e. The van der Waals surface area contributed by atoms with Crippen LogP contribution in [-0.4, -0.2) is 34.3 Å². The Morgan fingerprint density at radius 3 is 2.62 bits per heavy atom. The van der Waals surface area contributed by atoms with Crippen molar-refractivity contribution in [2.24, 2.45) is 22.4 Å². The predicted octanol–water partition coefficient (Wildman–Crippen LogP) is 4.97. The standard InChI is InChI=1S/C21H19Cl2N5O/c1-14(15-8-9-18(22)19(23)12-15)26-25-13-16-6-4-5-7-17(16)20(27-29-3)21-24-10-11-28(21)2/h4-13H,1-3H3/b25-13+,26-14-,27-20+. The summed E-state index contributed by atoms with van der Waals surface area (Å²) < 4.78 is 1.87. The molecule has 0 unspecified atom stereocenters. The van der Waals surface area contributed by atoms with Crippen LogP contribution in [0, 0.1) is 0 Å². The van der Waals surface area contributed by atoms with Crippen molar-refractivity contribution in [1.82, 2.24) is 9.55 Å². The fourth-order valence-corrected chi connectivity index (χ4v) is 2.98. The molecule has 0 saturated carbocycles. The molecule has 3 rings (SSSR count). The molecule has 0 atom stereocenters. The van der Waals surface area contributed by atoms with Crippen LogP contribution < -0.4 is 0 Å². The molecule has 2 aromatic carbocycles. The fourth-order valence-electron chi connectivity index (χ4n) is 2.68. The van der Waals surface area contributed by atoms with E-state index in [1.165, 1.54) is 7.11 Å². The molecule has 0 amide bonds. The second kappa shape index (κ2) is 9.49. The Kier molecular flexibility index (Phi) is 6.80. The molecule has 0 fully saturated rings. The molecule has 0 aliphatic heterocycles. The molecule has 0 radical (unpaired) electrons. The van der Waals surface area contributed by atoms with Crippen LogP contribution in [0.15, 0.2) is 70.2 Å². The summed E-state index contributed by atoms with van der Waals surface area (Å²) in [5.41, 5.74) is 3.82. The lowest BCUT2D eigenvalue weighted by Gasteiger charge is -2.08. The van der Waals surface area contributed by atoms with Crippen molar-refractivity contribution < 1.29 is 4.84 Å². The normalized spacial score (nSPS) is 12.6. The summed E-state index contributed by atoms with van der Waals surface area (Å²) in [6.07, 6.45) is 5.23. The number of halogens is 2. The van der Waals surface area contributed by atoms with Gasteiger partial charge in [0.05, 0.1) is 22.0 Å². The van der Waals surface area contributed by atoms with Crippen molar-refractivity contribution in [3.05, 3.63) is 87.4 Å². The Balaban J connectivity index is 1.93. The van der Waals surface area contributed by atoms with E-state index in [1.807, 2.05) is 55.1 Å². The molecular formula is C21H19Cl2N5O. The Morgan fingerprint density at radius 2 is 1.93 bits per heavy atom. The van der Waals surface area contributed by atoms with Crippen molar-refractivity contribution in [3.63, 3.8) is 0 Å². The summed E-state index contributed by atoms with van der Waals surface area (Å²) in [5, 5.41) is 13.7. The van der Waals surface area contributed by atoms with Gasteiger partial charge in [0.1, 0.15) is 7.11 Å². The van der Waals surface area contributed by atoms with Gasteiger partial charge in [0, 0.05) is 30.6 Å². The van der Waals surface area contributed by atoms with Crippen LogP contribution in [-0.2, 0) is 11.9 Å². The van der Waals surface area contributed by atoms with Crippen LogP contribution in [0.4, 0.5) is 0 Å². The number of aromatic nitrogens is 2. The summed E-state index contributed by atoms with van der Waals surface area (Å²) in [6, 6.07) is 13.0. The summed E-state index contributed by atoms with van der Waals surface area (Å²) in [6.45, 7) is 1.86. The van der Waals surface area contributed by atoms with Crippen molar-refractivity contribution in [1.29, 1.82) is 0 Å². The SMILES string of the molecule is CO/N=C(\c1ccccc1/C=N/N=C(/C)c1ccc(Cl)c(Cl)c1)c1nccn1C. The second-order valence-electron chi connectivity index (χ2n) is 6.13. The van der Waals surface area contributed by atoms with Crippen LogP contribution in [0.3, 0.4) is 0 Å². The molecule has 1 heterocycles. The first kappa shape index (κ1) is 20.8. The predicted molar refractivity (Wildman–Crippen MR) is 119 cm³/mol. The molecule has 0 aliphatic carbocycles. The van der Waals surface area contributed by atoms with E-state index in [0.717, 1.165) is 16.7 Å². The molecule has 148 valence electrons. The number of imidazole rings is 1. The van der Waals surface area contributed by atoms with E-state index in [2.05, 4.69) is 20.3 Å². The Hall–Kier alpha value is -2.96. The zero-order valence-electron chi connectivity index (χ0n) is 16.2. The van der Waals surface area contributed by atoms with Crippen molar-refractivity contribution >= 4 is 40.8 Å². The average molecular weight is 428 g/mol. The van der Waals surface area contributed by atoms with Crippen molar-refractivity contribution in [2.45, 2.75) is 6.92 Å².